The van der Waals surface area contributed by atoms with E-state index in [0.29, 0.717) is 33.1 Å². The summed E-state index contributed by atoms with van der Waals surface area (Å²) in [4.78, 5) is 45.8. The highest BCUT2D eigenvalue weighted by Gasteiger charge is 2.70. The van der Waals surface area contributed by atoms with Gasteiger partial charge in [0.15, 0.2) is 11.6 Å². The third-order valence-electron chi connectivity index (χ3n) is 8.61. The molecule has 1 spiro atoms. The number of ether oxygens (including phenoxy) is 1. The number of rotatable bonds is 5. The first-order chi connectivity index (χ1) is 20.0. The number of methoxy groups -OCH3 is 1. The third kappa shape index (κ3) is 3.54. The van der Waals surface area contributed by atoms with Crippen molar-refractivity contribution in [1.29, 1.82) is 0 Å². The Balaban J connectivity index is 1.53. The highest BCUT2D eigenvalue weighted by molar-refractivity contribution is 6.34. The van der Waals surface area contributed by atoms with E-state index in [1.807, 2.05) is 65.6 Å². The Hall–Kier alpha value is -4.68. The Labute approximate surface area is 242 Å². The van der Waals surface area contributed by atoms with Gasteiger partial charge >= 0.3 is 0 Å². The van der Waals surface area contributed by atoms with Gasteiger partial charge in [-0.15, -0.1) is 0 Å². The molecular formula is C34H25ClN2O4. The van der Waals surface area contributed by atoms with Crippen LogP contribution in [0.25, 0.3) is 6.08 Å². The minimum Gasteiger partial charge on any atom is -0.497 e. The lowest BCUT2D eigenvalue weighted by Gasteiger charge is -2.37. The maximum atomic E-state index is 14.8. The third-order valence-corrected chi connectivity index (χ3v) is 8.94. The van der Waals surface area contributed by atoms with E-state index in [-0.39, 0.29) is 17.5 Å². The molecule has 7 heteroatoms. The lowest BCUT2D eigenvalue weighted by atomic mass is 9.64. The summed E-state index contributed by atoms with van der Waals surface area (Å²) in [6.07, 6.45) is 3.93. The lowest BCUT2D eigenvalue weighted by Crippen LogP contribution is -2.51. The van der Waals surface area contributed by atoms with E-state index in [9.17, 15) is 14.4 Å². The van der Waals surface area contributed by atoms with Crippen LogP contribution in [0.3, 0.4) is 0 Å². The number of nitrogens with zero attached hydrogens (tertiary/aromatic N) is 1. The van der Waals surface area contributed by atoms with Gasteiger partial charge in [0.2, 0.25) is 5.91 Å². The van der Waals surface area contributed by atoms with E-state index in [0.717, 1.165) is 11.3 Å². The van der Waals surface area contributed by atoms with Gasteiger partial charge in [0.1, 0.15) is 17.2 Å². The Morgan fingerprint density at radius 3 is 2.37 bits per heavy atom. The molecule has 0 aliphatic carbocycles. The summed E-state index contributed by atoms with van der Waals surface area (Å²) in [7, 11) is 1.56. The van der Waals surface area contributed by atoms with E-state index in [1.54, 1.807) is 55.6 Å². The van der Waals surface area contributed by atoms with Crippen LogP contribution in [-0.2, 0) is 10.2 Å². The fourth-order valence-electron chi connectivity index (χ4n) is 6.87. The van der Waals surface area contributed by atoms with Crippen LogP contribution in [0.1, 0.15) is 31.8 Å². The molecule has 3 aliphatic rings. The SMILES string of the molecule is COc1ccc(C(=O)[C@@H]2[C@H](C(=O)c3ccccc3Cl)N3c4ccccc4C=C[C@H]3[C@]23C(=O)Nc2ccccc23)cc1. The topological polar surface area (TPSA) is 75.7 Å². The van der Waals surface area contributed by atoms with Crippen molar-refractivity contribution in [2.24, 2.45) is 5.92 Å². The number of benzene rings is 4. The van der Waals surface area contributed by atoms with Crippen LogP contribution in [0.2, 0.25) is 5.02 Å². The van der Waals surface area contributed by atoms with Crippen molar-refractivity contribution < 1.29 is 19.1 Å². The average Bonchev–Trinajstić information content (AvgIpc) is 3.49. The van der Waals surface area contributed by atoms with Crippen molar-refractivity contribution in [3.8, 4) is 5.75 Å². The second kappa shape index (κ2) is 9.46. The molecule has 1 amide bonds. The molecule has 7 rings (SSSR count). The minimum absolute atomic E-state index is 0.294. The fourth-order valence-corrected chi connectivity index (χ4v) is 7.10. The summed E-state index contributed by atoms with van der Waals surface area (Å²) in [5, 5.41) is 3.34. The van der Waals surface area contributed by atoms with Gasteiger partial charge in [0.05, 0.1) is 24.1 Å². The molecule has 3 aliphatic heterocycles. The maximum Gasteiger partial charge on any atom is 0.238 e. The van der Waals surface area contributed by atoms with Crippen LogP contribution in [0.4, 0.5) is 11.4 Å². The van der Waals surface area contributed by atoms with E-state index in [1.165, 1.54) is 0 Å². The predicted molar refractivity (Wildman–Crippen MR) is 159 cm³/mol. The molecule has 0 aromatic heterocycles. The first-order valence-electron chi connectivity index (χ1n) is 13.4. The number of carbonyl (C=O) groups is 3. The van der Waals surface area contributed by atoms with Crippen molar-refractivity contribution in [2.45, 2.75) is 17.5 Å². The average molecular weight is 561 g/mol. The maximum absolute atomic E-state index is 14.8. The van der Waals surface area contributed by atoms with Gasteiger partial charge in [0, 0.05) is 22.5 Å². The number of nitrogens with one attached hydrogen (secondary N) is 1. The van der Waals surface area contributed by atoms with E-state index in [2.05, 4.69) is 5.32 Å². The van der Waals surface area contributed by atoms with Gasteiger partial charge in [-0.2, -0.15) is 0 Å². The van der Waals surface area contributed by atoms with Crippen LogP contribution in [0, 0.1) is 5.92 Å². The standard InChI is InChI=1S/C34H25ClN2O4/c1-41-22-17-14-21(15-18-22)31(38)29-30(32(39)23-9-3-5-11-25(23)35)37-27-13-7-2-8-20(27)16-19-28(37)34(29)24-10-4-6-12-26(24)36-33(34)40/h2-19,28-30H,1H3,(H,36,40)/t28-,29-,30+,34-/m0/s1. The molecule has 4 aromatic rings. The normalized spacial score (nSPS) is 23.5. The van der Waals surface area contributed by atoms with E-state index < -0.39 is 23.4 Å². The first-order valence-corrected chi connectivity index (χ1v) is 13.8. The number of anilines is 2. The minimum atomic E-state index is -1.38. The summed E-state index contributed by atoms with van der Waals surface area (Å²) < 4.78 is 5.32. The van der Waals surface area contributed by atoms with Crippen molar-refractivity contribution in [2.75, 3.05) is 17.3 Å². The predicted octanol–water partition coefficient (Wildman–Crippen LogP) is 6.20. The van der Waals surface area contributed by atoms with Crippen LogP contribution >= 0.6 is 11.6 Å². The zero-order chi connectivity index (χ0) is 28.3. The van der Waals surface area contributed by atoms with Gasteiger partial charge in [-0.25, -0.2) is 0 Å². The lowest BCUT2D eigenvalue weighted by molar-refractivity contribution is -0.121. The molecular weight excluding hydrogens is 536 g/mol. The van der Waals surface area contributed by atoms with Gasteiger partial charge < -0.3 is 15.0 Å². The summed E-state index contributed by atoms with van der Waals surface area (Å²) in [5.41, 5.74) is 2.35. The quantitative estimate of drug-likeness (QED) is 0.294. The van der Waals surface area contributed by atoms with Crippen LogP contribution in [0.5, 0.6) is 5.75 Å². The molecule has 4 atom stereocenters. The number of hydrogen-bond acceptors (Lipinski definition) is 5. The zero-order valence-corrected chi connectivity index (χ0v) is 22.8. The number of halogens is 1. The van der Waals surface area contributed by atoms with Crippen LogP contribution in [0.15, 0.2) is 103 Å². The second-order valence-electron chi connectivity index (χ2n) is 10.5. The number of carbonyl (C=O) groups excluding carboxylic acids is 3. The second-order valence-corrected chi connectivity index (χ2v) is 10.9. The van der Waals surface area contributed by atoms with Crippen molar-refractivity contribution >= 4 is 46.5 Å². The molecule has 0 radical (unpaired) electrons. The fraction of sp³-hybridized carbons (Fsp3) is 0.147. The molecule has 0 unspecified atom stereocenters. The Morgan fingerprint density at radius 1 is 0.878 bits per heavy atom. The summed E-state index contributed by atoms with van der Waals surface area (Å²) in [5.74, 6) is -1.38. The van der Waals surface area contributed by atoms with E-state index in [4.69, 9.17) is 16.3 Å². The molecule has 0 saturated carbocycles. The summed E-state index contributed by atoms with van der Waals surface area (Å²) >= 11 is 6.58. The van der Waals surface area contributed by atoms with Crippen LogP contribution in [-0.4, -0.2) is 36.7 Å². The van der Waals surface area contributed by atoms with Crippen molar-refractivity contribution in [3.05, 3.63) is 130 Å². The zero-order valence-electron chi connectivity index (χ0n) is 22.1. The monoisotopic (exact) mass is 560 g/mol. The largest absolute Gasteiger partial charge is 0.497 e. The number of fused-ring (bicyclic) bond motifs is 6. The Morgan fingerprint density at radius 2 is 1.59 bits per heavy atom. The number of Topliss-reactive ketones (excluding diaryl/α,β-unsaturated/α-hetero) is 2. The highest BCUT2D eigenvalue weighted by atomic mass is 35.5. The summed E-state index contributed by atoms with van der Waals surface area (Å²) in [6.45, 7) is 0. The van der Waals surface area contributed by atoms with E-state index >= 15 is 0 Å². The Kier molecular flexibility index (Phi) is 5.84. The molecule has 41 heavy (non-hydrogen) atoms. The van der Waals surface area contributed by atoms with Gasteiger partial charge in [0.25, 0.3) is 0 Å². The molecule has 6 nitrogen and oxygen atoms in total. The molecule has 1 saturated heterocycles. The van der Waals surface area contributed by atoms with Gasteiger partial charge in [-0.05, 0) is 59.7 Å². The van der Waals surface area contributed by atoms with Crippen molar-refractivity contribution in [1.82, 2.24) is 0 Å². The number of hydrogen-bond donors (Lipinski definition) is 1. The molecule has 0 bridgehead atoms. The summed E-state index contributed by atoms with van der Waals surface area (Å²) in [6, 6.07) is 27.2. The van der Waals surface area contributed by atoms with Crippen LogP contribution < -0.4 is 15.0 Å². The number of para-hydroxylation sites is 2. The Bertz CT molecular complexity index is 1760. The first kappa shape index (κ1) is 25.3. The molecule has 202 valence electrons. The highest BCUT2D eigenvalue weighted by Crippen LogP contribution is 2.58. The molecule has 1 fully saturated rings. The molecule has 4 aromatic carbocycles. The molecule has 1 N–H and O–H groups in total. The molecule has 3 heterocycles. The number of amides is 1. The number of ketones is 2. The van der Waals surface area contributed by atoms with Crippen molar-refractivity contribution in [3.63, 3.8) is 0 Å². The van der Waals surface area contributed by atoms with Gasteiger partial charge in [-0.1, -0.05) is 72.3 Å². The van der Waals surface area contributed by atoms with Gasteiger partial charge in [-0.3, -0.25) is 14.4 Å². The smallest absolute Gasteiger partial charge is 0.238 e.